The molecular formula is C23H25N3O2. The molecule has 5 nitrogen and oxygen atoms in total. The zero-order valence-corrected chi connectivity index (χ0v) is 16.4. The molecule has 6 rings (SSSR count). The van der Waals surface area contributed by atoms with Crippen LogP contribution in [0, 0.1) is 24.7 Å². The Kier molecular flexibility index (Phi) is 3.83. The number of carbonyl (C=O) groups is 1. The number of rotatable bonds is 5. The van der Waals surface area contributed by atoms with Crippen molar-refractivity contribution in [2.75, 3.05) is 6.61 Å². The maximum Gasteiger partial charge on any atom is 0.249 e. The maximum atomic E-state index is 13.3. The zero-order valence-electron chi connectivity index (χ0n) is 16.4. The van der Waals surface area contributed by atoms with Crippen molar-refractivity contribution in [2.45, 2.75) is 45.6 Å². The summed E-state index contributed by atoms with van der Waals surface area (Å²) in [4.78, 5) is 17.6. The van der Waals surface area contributed by atoms with Gasteiger partial charge in [0.15, 0.2) is 0 Å². The van der Waals surface area contributed by atoms with Gasteiger partial charge in [0, 0.05) is 30.3 Å². The van der Waals surface area contributed by atoms with Crippen molar-refractivity contribution in [1.82, 2.24) is 9.99 Å². The van der Waals surface area contributed by atoms with Crippen molar-refractivity contribution < 1.29 is 9.53 Å². The molecule has 0 radical (unpaired) electrons. The van der Waals surface area contributed by atoms with Gasteiger partial charge in [0.25, 0.3) is 0 Å². The van der Waals surface area contributed by atoms with Crippen LogP contribution in [0.5, 0.6) is 5.88 Å². The van der Waals surface area contributed by atoms with Gasteiger partial charge in [-0.3, -0.25) is 4.79 Å². The molecule has 1 amide bonds. The number of carbonyl (C=O) groups excluding carboxylic acids is 1. The third kappa shape index (κ3) is 2.72. The molecule has 2 aromatic rings. The second-order valence-corrected chi connectivity index (χ2v) is 8.88. The van der Waals surface area contributed by atoms with Crippen molar-refractivity contribution >= 4 is 12.1 Å². The monoisotopic (exact) mass is 375 g/mol. The fourth-order valence-electron chi connectivity index (χ4n) is 5.06. The predicted octanol–water partition coefficient (Wildman–Crippen LogP) is 4.21. The first-order valence-electron chi connectivity index (χ1n) is 9.97. The highest BCUT2D eigenvalue weighted by Gasteiger charge is 2.72. The first-order valence-corrected chi connectivity index (χ1v) is 9.97. The van der Waals surface area contributed by atoms with Gasteiger partial charge in [-0.15, -0.1) is 0 Å². The van der Waals surface area contributed by atoms with Gasteiger partial charge in [0.1, 0.15) is 0 Å². The van der Waals surface area contributed by atoms with E-state index in [-0.39, 0.29) is 22.8 Å². The molecule has 2 heterocycles. The zero-order chi connectivity index (χ0) is 19.4. The van der Waals surface area contributed by atoms with E-state index in [1.165, 1.54) is 5.56 Å². The van der Waals surface area contributed by atoms with Gasteiger partial charge in [0.05, 0.1) is 18.1 Å². The molecule has 2 bridgehead atoms. The first kappa shape index (κ1) is 17.4. The summed E-state index contributed by atoms with van der Waals surface area (Å²) in [6, 6.07) is 12.4. The number of ether oxygens (including phenoxy) is 1. The molecule has 0 spiro atoms. The van der Waals surface area contributed by atoms with Gasteiger partial charge in [-0.1, -0.05) is 35.9 Å². The normalized spacial score (nSPS) is 29.9. The highest BCUT2D eigenvalue weighted by molar-refractivity contribution is 5.88. The minimum absolute atomic E-state index is 0.0334. The van der Waals surface area contributed by atoms with Gasteiger partial charge in [-0.25, -0.2) is 9.99 Å². The van der Waals surface area contributed by atoms with E-state index in [1.807, 2.05) is 31.5 Å². The summed E-state index contributed by atoms with van der Waals surface area (Å²) in [5.41, 5.74) is 3.42. The standard InChI is InChI=1S/C23H25N3O2/c1-16-3-6-18(7-4-16)19-9-10-25-26(19)21(27)23-12-22(13-23,14-23)15-28-20-8-5-17(2)11-24-20/h3-8,10-11,19H,9,12-15H2,1-2H3. The van der Waals surface area contributed by atoms with Crippen molar-refractivity contribution in [3.05, 3.63) is 59.3 Å². The quantitative estimate of drug-likeness (QED) is 0.787. The summed E-state index contributed by atoms with van der Waals surface area (Å²) >= 11 is 0. The fourth-order valence-corrected chi connectivity index (χ4v) is 5.06. The van der Waals surface area contributed by atoms with E-state index >= 15 is 0 Å². The van der Waals surface area contributed by atoms with Crippen molar-refractivity contribution in [3.63, 3.8) is 0 Å². The Bertz CT molecular complexity index is 914. The van der Waals surface area contributed by atoms with E-state index in [9.17, 15) is 4.79 Å². The molecule has 0 saturated heterocycles. The third-order valence-electron chi connectivity index (χ3n) is 6.50. The van der Waals surface area contributed by atoms with Crippen LogP contribution in [0.3, 0.4) is 0 Å². The molecule has 3 saturated carbocycles. The van der Waals surface area contributed by atoms with Crippen molar-refractivity contribution in [3.8, 4) is 5.88 Å². The summed E-state index contributed by atoms with van der Waals surface area (Å²) in [5.74, 6) is 0.849. The lowest BCUT2D eigenvalue weighted by atomic mass is 9.35. The molecule has 4 aliphatic rings. The maximum absolute atomic E-state index is 13.3. The number of benzene rings is 1. The molecule has 144 valence electrons. The molecule has 3 fully saturated rings. The molecule has 1 aromatic heterocycles. The number of hydrazone groups is 1. The van der Waals surface area contributed by atoms with Crippen molar-refractivity contribution in [1.29, 1.82) is 0 Å². The van der Waals surface area contributed by atoms with E-state index in [0.717, 1.165) is 36.8 Å². The van der Waals surface area contributed by atoms with Crippen LogP contribution in [0.25, 0.3) is 0 Å². The average Bonchev–Trinajstić information content (AvgIpc) is 3.11. The molecule has 1 aliphatic heterocycles. The topological polar surface area (TPSA) is 54.8 Å². The minimum atomic E-state index is -0.227. The number of nitrogens with zero attached hydrogens (tertiary/aromatic N) is 3. The number of hydrogen-bond donors (Lipinski definition) is 0. The Balaban J connectivity index is 1.21. The fraction of sp³-hybridized carbons (Fsp3) is 0.435. The molecule has 28 heavy (non-hydrogen) atoms. The lowest BCUT2D eigenvalue weighted by molar-refractivity contribution is -0.227. The molecule has 3 aliphatic carbocycles. The van der Waals surface area contributed by atoms with Crippen LogP contribution in [-0.4, -0.2) is 28.7 Å². The van der Waals surface area contributed by atoms with Crippen LogP contribution in [0.2, 0.25) is 0 Å². The summed E-state index contributed by atoms with van der Waals surface area (Å²) in [5, 5.41) is 6.16. The summed E-state index contributed by atoms with van der Waals surface area (Å²) < 4.78 is 5.89. The van der Waals surface area contributed by atoms with E-state index in [4.69, 9.17) is 4.74 Å². The molecule has 1 atom stereocenters. The van der Waals surface area contributed by atoms with Gasteiger partial charge in [-0.2, -0.15) is 5.10 Å². The van der Waals surface area contributed by atoms with Crippen LogP contribution in [-0.2, 0) is 4.79 Å². The number of amides is 1. The lowest BCUT2D eigenvalue weighted by Crippen LogP contribution is -2.69. The lowest BCUT2D eigenvalue weighted by Gasteiger charge is -2.69. The highest BCUT2D eigenvalue weighted by atomic mass is 16.5. The molecule has 1 aromatic carbocycles. The van der Waals surface area contributed by atoms with E-state index in [1.54, 1.807) is 5.01 Å². The Labute approximate surface area is 165 Å². The van der Waals surface area contributed by atoms with Crippen LogP contribution in [0.15, 0.2) is 47.7 Å². The number of aromatic nitrogens is 1. The second-order valence-electron chi connectivity index (χ2n) is 8.88. The Hall–Kier alpha value is -2.69. The van der Waals surface area contributed by atoms with E-state index in [2.05, 4.69) is 41.3 Å². The van der Waals surface area contributed by atoms with Crippen LogP contribution >= 0.6 is 0 Å². The SMILES string of the molecule is Cc1ccc(C2CC=NN2C(=O)C23CC(COc4ccc(C)cn4)(C2)C3)cc1. The summed E-state index contributed by atoms with van der Waals surface area (Å²) in [6.45, 7) is 4.73. The van der Waals surface area contributed by atoms with E-state index in [0.29, 0.717) is 12.5 Å². The minimum Gasteiger partial charge on any atom is -0.477 e. The average molecular weight is 375 g/mol. The molecule has 1 unspecified atom stereocenters. The first-order chi connectivity index (χ1) is 13.5. The number of pyridine rings is 1. The molecule has 0 N–H and O–H groups in total. The predicted molar refractivity (Wildman–Crippen MR) is 107 cm³/mol. The largest absolute Gasteiger partial charge is 0.477 e. The van der Waals surface area contributed by atoms with E-state index < -0.39 is 0 Å². The Morgan fingerprint density at radius 3 is 2.50 bits per heavy atom. The highest BCUT2D eigenvalue weighted by Crippen LogP contribution is 2.74. The summed E-state index contributed by atoms with van der Waals surface area (Å²) in [6.07, 6.45) is 7.18. The Morgan fingerprint density at radius 1 is 1.11 bits per heavy atom. The third-order valence-corrected chi connectivity index (χ3v) is 6.50. The van der Waals surface area contributed by atoms with Gasteiger partial charge >= 0.3 is 0 Å². The van der Waals surface area contributed by atoms with Crippen LogP contribution < -0.4 is 4.74 Å². The Morgan fingerprint density at radius 2 is 1.82 bits per heavy atom. The van der Waals surface area contributed by atoms with Crippen molar-refractivity contribution in [2.24, 2.45) is 15.9 Å². The summed E-state index contributed by atoms with van der Waals surface area (Å²) in [7, 11) is 0. The van der Waals surface area contributed by atoms with Gasteiger partial charge in [0.2, 0.25) is 11.8 Å². The molecule has 5 heteroatoms. The molecular weight excluding hydrogens is 350 g/mol. The second kappa shape index (κ2) is 6.16. The number of aryl methyl sites for hydroxylation is 2. The van der Waals surface area contributed by atoms with Gasteiger partial charge in [-0.05, 0) is 44.2 Å². The van der Waals surface area contributed by atoms with Gasteiger partial charge < -0.3 is 4.74 Å². The van der Waals surface area contributed by atoms with Crippen LogP contribution in [0.4, 0.5) is 0 Å². The number of hydrogen-bond acceptors (Lipinski definition) is 4. The van der Waals surface area contributed by atoms with Crippen LogP contribution in [0.1, 0.15) is 48.4 Å². The smallest absolute Gasteiger partial charge is 0.249 e.